The van der Waals surface area contributed by atoms with Crippen molar-refractivity contribution in [3.8, 4) is 0 Å². The maximum Gasteiger partial charge on any atom is 0.416 e. The number of benzene rings is 1. The number of halogens is 3. The van der Waals surface area contributed by atoms with Crippen molar-refractivity contribution in [2.75, 3.05) is 5.32 Å². The second kappa shape index (κ2) is 7.82. The van der Waals surface area contributed by atoms with Gasteiger partial charge in [-0.1, -0.05) is 19.1 Å². The summed E-state index contributed by atoms with van der Waals surface area (Å²) in [5.74, 6) is 0. The highest BCUT2D eigenvalue weighted by molar-refractivity contribution is 6.01. The zero-order valence-electron chi connectivity index (χ0n) is 13.3. The third-order valence-corrected chi connectivity index (χ3v) is 3.05. The van der Waals surface area contributed by atoms with E-state index < -0.39 is 11.7 Å². The highest BCUT2D eigenvalue weighted by Gasteiger charge is 2.29. The Morgan fingerprint density at radius 3 is 2.23 bits per heavy atom. The van der Waals surface area contributed by atoms with E-state index in [9.17, 15) is 13.2 Å². The van der Waals surface area contributed by atoms with Gasteiger partial charge in [0.2, 0.25) is 0 Å². The monoisotopic (exact) mass is 310 g/mol. The van der Waals surface area contributed by atoms with Gasteiger partial charge in [-0.15, -0.1) is 0 Å². The lowest BCUT2D eigenvalue weighted by molar-refractivity contribution is -0.137. The highest BCUT2D eigenvalue weighted by atomic mass is 19.4. The van der Waals surface area contributed by atoms with Crippen LogP contribution >= 0.6 is 0 Å². The van der Waals surface area contributed by atoms with Crippen LogP contribution in [0.3, 0.4) is 0 Å². The van der Waals surface area contributed by atoms with E-state index in [1.807, 2.05) is 39.8 Å². The number of hydrogen-bond acceptors (Lipinski definition) is 2. The van der Waals surface area contributed by atoms with Crippen LogP contribution in [0.1, 0.15) is 39.7 Å². The molecule has 0 aromatic heterocycles. The molecule has 0 radical (unpaired) electrons. The van der Waals surface area contributed by atoms with Crippen LogP contribution in [-0.4, -0.2) is 5.71 Å². The molecule has 0 fully saturated rings. The molecule has 120 valence electrons. The lowest BCUT2D eigenvalue weighted by atomic mass is 10.2. The minimum Gasteiger partial charge on any atom is -0.354 e. The summed E-state index contributed by atoms with van der Waals surface area (Å²) in [4.78, 5) is 4.43. The maximum atomic E-state index is 12.6. The van der Waals surface area contributed by atoms with Crippen LogP contribution in [0.25, 0.3) is 0 Å². The third-order valence-electron chi connectivity index (χ3n) is 3.05. The molecule has 1 aromatic carbocycles. The van der Waals surface area contributed by atoms with Crippen molar-refractivity contribution in [1.82, 2.24) is 0 Å². The van der Waals surface area contributed by atoms with Gasteiger partial charge in [-0.05, 0) is 51.5 Å². The predicted octanol–water partition coefficient (Wildman–Crippen LogP) is 5.80. The van der Waals surface area contributed by atoms with Crippen LogP contribution in [0.5, 0.6) is 0 Å². The van der Waals surface area contributed by atoms with E-state index in [1.54, 1.807) is 0 Å². The molecule has 0 amide bonds. The number of aliphatic imine (C=N–C) groups is 1. The van der Waals surface area contributed by atoms with Gasteiger partial charge in [-0.2, -0.15) is 13.2 Å². The Hall–Kier alpha value is -2.04. The molecule has 0 aliphatic heterocycles. The molecule has 0 atom stereocenters. The average molecular weight is 310 g/mol. The van der Waals surface area contributed by atoms with Gasteiger partial charge in [0.1, 0.15) is 0 Å². The summed E-state index contributed by atoms with van der Waals surface area (Å²) in [7, 11) is 0. The summed E-state index contributed by atoms with van der Waals surface area (Å²) < 4.78 is 37.7. The number of allylic oxidation sites excluding steroid dienone is 4. The van der Waals surface area contributed by atoms with E-state index in [1.165, 1.54) is 12.1 Å². The SMILES string of the molecule is C\C=C(C)/N=C(C)/C(=C/CC)Nc1ccc(C(F)(F)F)cc1. The van der Waals surface area contributed by atoms with Gasteiger partial charge in [0.15, 0.2) is 0 Å². The summed E-state index contributed by atoms with van der Waals surface area (Å²) in [6, 6.07) is 4.97. The molecule has 2 nitrogen and oxygen atoms in total. The predicted molar refractivity (Wildman–Crippen MR) is 86.0 cm³/mol. The van der Waals surface area contributed by atoms with Crippen molar-refractivity contribution in [3.05, 3.63) is 53.4 Å². The molecular formula is C17H21F3N2. The number of anilines is 1. The van der Waals surface area contributed by atoms with E-state index in [0.717, 1.165) is 35.7 Å². The third kappa shape index (κ3) is 5.39. The Morgan fingerprint density at radius 1 is 1.18 bits per heavy atom. The van der Waals surface area contributed by atoms with Gasteiger partial charge in [-0.3, -0.25) is 4.99 Å². The molecule has 22 heavy (non-hydrogen) atoms. The molecule has 5 heteroatoms. The number of nitrogens with one attached hydrogen (secondary N) is 1. The quantitative estimate of drug-likeness (QED) is 0.683. The molecule has 0 spiro atoms. The normalized spacial score (nSPS) is 14.2. The minimum atomic E-state index is -4.32. The molecular weight excluding hydrogens is 289 g/mol. The van der Waals surface area contributed by atoms with E-state index >= 15 is 0 Å². The van der Waals surface area contributed by atoms with Crippen LogP contribution in [0.4, 0.5) is 18.9 Å². The lowest BCUT2D eigenvalue weighted by Crippen LogP contribution is -2.10. The molecule has 0 aliphatic rings. The Labute approximate surface area is 129 Å². The van der Waals surface area contributed by atoms with Gasteiger partial charge < -0.3 is 5.32 Å². The lowest BCUT2D eigenvalue weighted by Gasteiger charge is -2.13. The van der Waals surface area contributed by atoms with Crippen molar-refractivity contribution in [3.63, 3.8) is 0 Å². The maximum absolute atomic E-state index is 12.6. The molecule has 0 saturated heterocycles. The minimum absolute atomic E-state index is 0.598. The van der Waals surface area contributed by atoms with E-state index in [-0.39, 0.29) is 0 Å². The summed E-state index contributed by atoms with van der Waals surface area (Å²) in [6.07, 6.45) is 0.330. The first-order chi connectivity index (χ1) is 10.3. The number of alkyl halides is 3. The summed E-state index contributed by atoms with van der Waals surface area (Å²) in [5.41, 5.74) is 2.41. The largest absolute Gasteiger partial charge is 0.416 e. The van der Waals surface area contributed by atoms with E-state index in [4.69, 9.17) is 0 Å². The Kier molecular flexibility index (Phi) is 6.40. The van der Waals surface area contributed by atoms with Gasteiger partial charge >= 0.3 is 6.18 Å². The van der Waals surface area contributed by atoms with Crippen molar-refractivity contribution in [1.29, 1.82) is 0 Å². The summed E-state index contributed by atoms with van der Waals surface area (Å²) in [6.45, 7) is 7.65. The molecule has 1 N–H and O–H groups in total. The van der Waals surface area contributed by atoms with Crippen molar-refractivity contribution >= 4 is 11.4 Å². The molecule has 1 rings (SSSR count). The first-order valence-corrected chi connectivity index (χ1v) is 7.11. The van der Waals surface area contributed by atoms with E-state index in [2.05, 4.69) is 10.3 Å². The van der Waals surface area contributed by atoms with Crippen molar-refractivity contribution in [2.24, 2.45) is 4.99 Å². The zero-order chi connectivity index (χ0) is 16.8. The standard InChI is InChI=1S/C17H21F3N2/c1-5-7-16(13(4)21-12(3)6-2)22-15-10-8-14(9-11-15)17(18,19)20/h6-11,22H,5H2,1-4H3/b12-6-,16-7-,21-13+. The van der Waals surface area contributed by atoms with Gasteiger partial charge in [0.05, 0.1) is 17.0 Å². The fourth-order valence-corrected chi connectivity index (χ4v) is 1.78. The van der Waals surface area contributed by atoms with E-state index in [0.29, 0.717) is 5.69 Å². The Morgan fingerprint density at radius 2 is 1.77 bits per heavy atom. The Balaban J connectivity index is 2.98. The fourth-order valence-electron chi connectivity index (χ4n) is 1.78. The highest BCUT2D eigenvalue weighted by Crippen LogP contribution is 2.30. The first kappa shape index (κ1) is 18.0. The summed E-state index contributed by atoms with van der Waals surface area (Å²) >= 11 is 0. The smallest absolute Gasteiger partial charge is 0.354 e. The Bertz CT molecular complexity index is 579. The van der Waals surface area contributed by atoms with Crippen molar-refractivity contribution < 1.29 is 13.2 Å². The molecule has 0 aliphatic carbocycles. The second-order valence-electron chi connectivity index (χ2n) is 4.85. The van der Waals surface area contributed by atoms with Gasteiger partial charge in [0, 0.05) is 11.4 Å². The van der Waals surface area contributed by atoms with Crippen LogP contribution in [-0.2, 0) is 6.18 Å². The number of hydrogen-bond donors (Lipinski definition) is 1. The average Bonchev–Trinajstić information content (AvgIpc) is 2.46. The van der Waals surface area contributed by atoms with Gasteiger partial charge in [0.25, 0.3) is 0 Å². The van der Waals surface area contributed by atoms with Crippen molar-refractivity contribution in [2.45, 2.75) is 40.3 Å². The topological polar surface area (TPSA) is 24.4 Å². The fraction of sp³-hybridized carbons (Fsp3) is 0.353. The molecule has 0 unspecified atom stereocenters. The second-order valence-corrected chi connectivity index (χ2v) is 4.85. The molecule has 0 bridgehead atoms. The molecule has 0 saturated carbocycles. The summed E-state index contributed by atoms with van der Waals surface area (Å²) in [5, 5.41) is 3.12. The first-order valence-electron chi connectivity index (χ1n) is 7.11. The number of rotatable bonds is 5. The van der Waals surface area contributed by atoms with Gasteiger partial charge in [-0.25, -0.2) is 0 Å². The van der Waals surface area contributed by atoms with Crippen LogP contribution < -0.4 is 5.32 Å². The zero-order valence-corrected chi connectivity index (χ0v) is 13.3. The van der Waals surface area contributed by atoms with Crippen LogP contribution in [0.15, 0.2) is 52.8 Å². The van der Waals surface area contributed by atoms with Crippen LogP contribution in [0.2, 0.25) is 0 Å². The van der Waals surface area contributed by atoms with Crippen LogP contribution in [0, 0.1) is 0 Å². The molecule has 0 heterocycles. The number of nitrogens with zero attached hydrogens (tertiary/aromatic N) is 1. The molecule has 1 aromatic rings.